The van der Waals surface area contributed by atoms with Crippen molar-refractivity contribution < 1.29 is 19.1 Å². The molecule has 1 aliphatic carbocycles. The highest BCUT2D eigenvalue weighted by Gasteiger charge is 2.32. The molecule has 0 atom stereocenters. The van der Waals surface area contributed by atoms with Crippen LogP contribution in [0.25, 0.3) is 0 Å². The number of anilines is 1. The number of nitrogens with one attached hydrogen (secondary N) is 1. The predicted molar refractivity (Wildman–Crippen MR) is 106 cm³/mol. The summed E-state index contributed by atoms with van der Waals surface area (Å²) in [6, 6.07) is 10.5. The number of carbonyl (C=O) groups excluding carboxylic acids is 2. The average Bonchev–Trinajstić information content (AvgIpc) is 3.52. The van der Waals surface area contributed by atoms with Crippen molar-refractivity contribution >= 4 is 29.2 Å². The minimum absolute atomic E-state index is 0.103. The second kappa shape index (κ2) is 9.41. The van der Waals surface area contributed by atoms with Crippen LogP contribution in [0.2, 0.25) is 5.02 Å². The maximum absolute atomic E-state index is 12.6. The summed E-state index contributed by atoms with van der Waals surface area (Å²) in [6.45, 7) is 0.222. The minimum atomic E-state index is -0.223. The molecule has 1 fully saturated rings. The molecule has 1 aliphatic rings. The lowest BCUT2D eigenvalue weighted by Gasteiger charge is -2.22. The van der Waals surface area contributed by atoms with Crippen molar-refractivity contribution in [3.63, 3.8) is 0 Å². The van der Waals surface area contributed by atoms with Crippen LogP contribution in [-0.4, -0.2) is 48.0 Å². The Morgan fingerprint density at radius 2 is 2.00 bits per heavy atom. The summed E-state index contributed by atoms with van der Waals surface area (Å²) >= 11 is 5.89. The molecule has 0 spiro atoms. The number of hydrogen-bond donors (Lipinski definition) is 1. The van der Waals surface area contributed by atoms with Crippen LogP contribution in [0.15, 0.2) is 42.6 Å². The van der Waals surface area contributed by atoms with Gasteiger partial charge in [-0.1, -0.05) is 23.7 Å². The summed E-state index contributed by atoms with van der Waals surface area (Å²) in [5, 5.41) is 3.18. The van der Waals surface area contributed by atoms with E-state index < -0.39 is 0 Å². The largest absolute Gasteiger partial charge is 0.493 e. The third-order valence-electron chi connectivity index (χ3n) is 4.30. The van der Waals surface area contributed by atoms with Gasteiger partial charge in [-0.15, -0.1) is 0 Å². The number of rotatable bonds is 9. The Hall–Kier alpha value is -2.80. The van der Waals surface area contributed by atoms with Gasteiger partial charge in [0.15, 0.2) is 18.1 Å². The van der Waals surface area contributed by atoms with Crippen molar-refractivity contribution in [2.24, 2.45) is 0 Å². The van der Waals surface area contributed by atoms with E-state index in [0.717, 1.165) is 12.8 Å². The van der Waals surface area contributed by atoms with E-state index in [4.69, 9.17) is 21.1 Å². The zero-order valence-electron chi connectivity index (χ0n) is 15.6. The SMILES string of the molecule is COc1ccccc1OCC(=O)N(CCC(=O)Nc1cc(Cl)ccn1)C1CC1. The van der Waals surface area contributed by atoms with E-state index in [1.54, 1.807) is 36.3 Å². The van der Waals surface area contributed by atoms with Crippen LogP contribution in [0, 0.1) is 0 Å². The Bertz CT molecular complexity index is 842. The smallest absolute Gasteiger partial charge is 0.260 e. The van der Waals surface area contributed by atoms with Gasteiger partial charge in [0, 0.05) is 30.2 Å². The molecule has 0 bridgehead atoms. The van der Waals surface area contributed by atoms with Crippen LogP contribution < -0.4 is 14.8 Å². The molecule has 0 aliphatic heterocycles. The molecule has 8 heteroatoms. The molecule has 28 heavy (non-hydrogen) atoms. The molecule has 1 heterocycles. The van der Waals surface area contributed by atoms with Gasteiger partial charge in [-0.2, -0.15) is 0 Å². The number of carbonyl (C=O) groups is 2. The first-order chi connectivity index (χ1) is 13.6. The van der Waals surface area contributed by atoms with Crippen molar-refractivity contribution in [1.82, 2.24) is 9.88 Å². The van der Waals surface area contributed by atoms with Crippen LogP contribution in [0.4, 0.5) is 5.82 Å². The molecule has 0 saturated heterocycles. The maximum Gasteiger partial charge on any atom is 0.260 e. The average molecular weight is 404 g/mol. The highest BCUT2D eigenvalue weighted by atomic mass is 35.5. The molecule has 2 aromatic rings. The number of pyridine rings is 1. The van der Waals surface area contributed by atoms with Gasteiger partial charge in [-0.25, -0.2) is 4.98 Å². The summed E-state index contributed by atoms with van der Waals surface area (Å²) < 4.78 is 10.8. The fourth-order valence-corrected chi connectivity index (χ4v) is 2.92. The molecular formula is C20H22ClN3O4. The molecule has 148 valence electrons. The van der Waals surface area contributed by atoms with Crippen LogP contribution in [-0.2, 0) is 9.59 Å². The lowest BCUT2D eigenvalue weighted by molar-refractivity contribution is -0.134. The number of benzene rings is 1. The number of ether oxygens (including phenoxy) is 2. The van der Waals surface area contributed by atoms with Crippen molar-refractivity contribution in [2.45, 2.75) is 25.3 Å². The fraction of sp³-hybridized carbons (Fsp3) is 0.350. The van der Waals surface area contributed by atoms with Gasteiger partial charge in [0.1, 0.15) is 5.82 Å². The second-order valence-electron chi connectivity index (χ2n) is 6.42. The van der Waals surface area contributed by atoms with E-state index in [1.807, 2.05) is 12.1 Å². The molecule has 7 nitrogen and oxygen atoms in total. The number of halogens is 1. The van der Waals surface area contributed by atoms with Crippen LogP contribution in [0.5, 0.6) is 11.5 Å². The number of nitrogens with zero attached hydrogens (tertiary/aromatic N) is 2. The van der Waals surface area contributed by atoms with Crippen LogP contribution in [0.1, 0.15) is 19.3 Å². The Balaban J connectivity index is 1.51. The highest BCUT2D eigenvalue weighted by Crippen LogP contribution is 2.28. The first kappa shape index (κ1) is 19.9. The van der Waals surface area contributed by atoms with E-state index in [0.29, 0.717) is 28.9 Å². The van der Waals surface area contributed by atoms with E-state index in [-0.39, 0.29) is 30.9 Å². The van der Waals surface area contributed by atoms with Gasteiger partial charge < -0.3 is 19.7 Å². The van der Waals surface area contributed by atoms with Crippen LogP contribution >= 0.6 is 11.6 Å². The zero-order valence-corrected chi connectivity index (χ0v) is 16.3. The van der Waals surface area contributed by atoms with Crippen molar-refractivity contribution in [1.29, 1.82) is 0 Å². The molecule has 1 N–H and O–H groups in total. The Morgan fingerprint density at radius 1 is 1.25 bits per heavy atom. The number of para-hydroxylation sites is 2. The molecule has 0 unspecified atom stereocenters. The summed E-state index contributed by atoms with van der Waals surface area (Å²) in [7, 11) is 1.55. The number of methoxy groups -OCH3 is 1. The molecule has 0 radical (unpaired) electrons. The number of hydrogen-bond acceptors (Lipinski definition) is 5. The summed E-state index contributed by atoms with van der Waals surface area (Å²) in [5.41, 5.74) is 0. The Kier molecular flexibility index (Phi) is 6.71. The Labute approximate surface area is 168 Å². The summed E-state index contributed by atoms with van der Waals surface area (Å²) in [4.78, 5) is 30.5. The molecule has 1 aromatic carbocycles. The van der Waals surface area contributed by atoms with Gasteiger partial charge in [-0.05, 0) is 37.1 Å². The van der Waals surface area contributed by atoms with E-state index in [2.05, 4.69) is 10.3 Å². The minimum Gasteiger partial charge on any atom is -0.493 e. The van der Waals surface area contributed by atoms with E-state index >= 15 is 0 Å². The standard InChI is InChI=1S/C20H22ClN3O4/c1-27-16-4-2-3-5-17(16)28-13-20(26)24(15-6-7-15)11-9-19(25)23-18-12-14(21)8-10-22-18/h2-5,8,10,12,15H,6-7,9,11,13H2,1H3,(H,22,23,25). The molecule has 2 amide bonds. The van der Waals surface area contributed by atoms with Gasteiger partial charge in [0.05, 0.1) is 7.11 Å². The van der Waals surface area contributed by atoms with Gasteiger partial charge in [0.25, 0.3) is 5.91 Å². The van der Waals surface area contributed by atoms with Crippen molar-refractivity contribution in [3.8, 4) is 11.5 Å². The maximum atomic E-state index is 12.6. The lowest BCUT2D eigenvalue weighted by atomic mass is 10.3. The molecule has 3 rings (SSSR count). The number of aromatic nitrogens is 1. The van der Waals surface area contributed by atoms with E-state index in [1.165, 1.54) is 6.20 Å². The third kappa shape index (κ3) is 5.60. The monoisotopic (exact) mass is 403 g/mol. The fourth-order valence-electron chi connectivity index (χ4n) is 2.76. The summed E-state index contributed by atoms with van der Waals surface area (Å²) in [6.07, 6.45) is 3.58. The number of amides is 2. The third-order valence-corrected chi connectivity index (χ3v) is 4.53. The lowest BCUT2D eigenvalue weighted by Crippen LogP contribution is -2.38. The predicted octanol–water partition coefficient (Wildman–Crippen LogP) is 3.14. The Morgan fingerprint density at radius 3 is 2.68 bits per heavy atom. The topological polar surface area (TPSA) is 80.8 Å². The summed E-state index contributed by atoms with van der Waals surface area (Å²) in [5.74, 6) is 1.10. The first-order valence-electron chi connectivity index (χ1n) is 9.03. The normalized spacial score (nSPS) is 12.9. The molecule has 1 saturated carbocycles. The second-order valence-corrected chi connectivity index (χ2v) is 6.85. The molecular weight excluding hydrogens is 382 g/mol. The zero-order chi connectivity index (χ0) is 19.9. The van der Waals surface area contributed by atoms with Gasteiger partial charge >= 0.3 is 0 Å². The highest BCUT2D eigenvalue weighted by molar-refractivity contribution is 6.30. The van der Waals surface area contributed by atoms with Gasteiger partial charge in [-0.3, -0.25) is 9.59 Å². The quantitative estimate of drug-likeness (QED) is 0.695. The van der Waals surface area contributed by atoms with Crippen LogP contribution in [0.3, 0.4) is 0 Å². The van der Waals surface area contributed by atoms with Crippen molar-refractivity contribution in [3.05, 3.63) is 47.6 Å². The van der Waals surface area contributed by atoms with Gasteiger partial charge in [0.2, 0.25) is 5.91 Å². The van der Waals surface area contributed by atoms with E-state index in [9.17, 15) is 9.59 Å². The first-order valence-corrected chi connectivity index (χ1v) is 9.41. The molecule has 1 aromatic heterocycles. The van der Waals surface area contributed by atoms with Crippen molar-refractivity contribution in [2.75, 3.05) is 25.6 Å².